The number of carbonyl (C=O) groups excluding carboxylic acids is 2. The van der Waals surface area contributed by atoms with E-state index in [0.717, 1.165) is 0 Å². The highest BCUT2D eigenvalue weighted by Gasteiger charge is 2.53. The first-order valence-corrected chi connectivity index (χ1v) is 9.34. The van der Waals surface area contributed by atoms with Crippen LogP contribution in [0.15, 0.2) is 0 Å². The Labute approximate surface area is 156 Å². The van der Waals surface area contributed by atoms with E-state index in [1.165, 1.54) is 0 Å². The van der Waals surface area contributed by atoms with Crippen LogP contribution in [0.2, 0.25) is 0 Å². The molecule has 0 saturated carbocycles. The summed E-state index contributed by atoms with van der Waals surface area (Å²) in [6.45, 7) is 11.9. The smallest absolute Gasteiger partial charge is 0.402 e. The summed E-state index contributed by atoms with van der Waals surface area (Å²) in [5.41, 5.74) is 5.02. The molecule has 2 saturated heterocycles. The number of nitrogens with zero attached hydrogens (tertiary/aromatic N) is 1. The van der Waals surface area contributed by atoms with Gasteiger partial charge in [-0.15, -0.1) is 0 Å². The monoisotopic (exact) mass is 369 g/mol. The Balaban J connectivity index is 1.89. The van der Waals surface area contributed by atoms with Gasteiger partial charge in [0.25, 0.3) is 0 Å². The SMILES string of the molecule is CCC(NC(=O)C(N)CC(=O)N1CCOCC1)B1OC(C)(C)C(C)(C)O1. The number of rotatable bonds is 6. The summed E-state index contributed by atoms with van der Waals surface area (Å²) in [5, 5.41) is 2.88. The fourth-order valence-electron chi connectivity index (χ4n) is 2.93. The van der Waals surface area contributed by atoms with Crippen molar-refractivity contribution in [3.8, 4) is 0 Å². The lowest BCUT2D eigenvalue weighted by Gasteiger charge is -2.32. The lowest BCUT2D eigenvalue weighted by molar-refractivity contribution is -0.137. The van der Waals surface area contributed by atoms with Crippen LogP contribution in [0.1, 0.15) is 47.5 Å². The number of nitrogens with one attached hydrogen (secondary N) is 1. The zero-order valence-corrected chi connectivity index (χ0v) is 16.5. The van der Waals surface area contributed by atoms with E-state index in [-0.39, 0.29) is 24.2 Å². The zero-order valence-electron chi connectivity index (χ0n) is 16.5. The molecule has 2 rings (SSSR count). The average molecular weight is 369 g/mol. The first-order valence-electron chi connectivity index (χ1n) is 9.34. The molecule has 26 heavy (non-hydrogen) atoms. The molecule has 2 amide bonds. The average Bonchev–Trinajstić information content (AvgIpc) is 2.80. The molecule has 2 unspecified atom stereocenters. The minimum atomic E-state index is -0.901. The highest BCUT2D eigenvalue weighted by atomic mass is 16.7. The lowest BCUT2D eigenvalue weighted by atomic mass is 9.76. The van der Waals surface area contributed by atoms with Crippen molar-refractivity contribution in [2.45, 2.75) is 70.6 Å². The molecule has 2 aliphatic heterocycles. The van der Waals surface area contributed by atoms with Crippen LogP contribution in [0, 0.1) is 0 Å². The second-order valence-electron chi connectivity index (χ2n) is 7.95. The van der Waals surface area contributed by atoms with Gasteiger partial charge in [-0.05, 0) is 34.1 Å². The maximum absolute atomic E-state index is 12.5. The molecular weight excluding hydrogens is 337 g/mol. The Morgan fingerprint density at radius 2 is 1.69 bits per heavy atom. The van der Waals surface area contributed by atoms with Crippen LogP contribution >= 0.6 is 0 Å². The summed E-state index contributed by atoms with van der Waals surface area (Å²) in [6.07, 6.45) is 0.609. The third kappa shape index (κ3) is 4.76. The Hall–Kier alpha value is -1.16. The molecule has 0 aromatic carbocycles. The number of ether oxygens (including phenoxy) is 1. The Bertz CT molecular complexity index is 507. The predicted octanol–water partition coefficient (Wildman–Crippen LogP) is 0.0888. The Morgan fingerprint density at radius 1 is 1.15 bits per heavy atom. The van der Waals surface area contributed by atoms with Crippen LogP contribution in [0.5, 0.6) is 0 Å². The summed E-state index contributed by atoms with van der Waals surface area (Å²) in [5.74, 6) is -0.819. The molecule has 148 valence electrons. The minimum Gasteiger partial charge on any atom is -0.402 e. The van der Waals surface area contributed by atoms with Crippen LogP contribution in [0.3, 0.4) is 0 Å². The summed E-state index contributed by atoms with van der Waals surface area (Å²) >= 11 is 0. The van der Waals surface area contributed by atoms with E-state index in [1.807, 2.05) is 34.6 Å². The molecule has 0 bridgehead atoms. The highest BCUT2D eigenvalue weighted by Crippen LogP contribution is 2.37. The van der Waals surface area contributed by atoms with Gasteiger partial charge in [0.05, 0.1) is 42.8 Å². The number of hydrogen-bond acceptors (Lipinski definition) is 6. The van der Waals surface area contributed by atoms with Crippen molar-refractivity contribution in [1.82, 2.24) is 10.2 Å². The quantitative estimate of drug-likeness (QED) is 0.644. The van der Waals surface area contributed by atoms with Gasteiger partial charge in [0.1, 0.15) is 0 Å². The van der Waals surface area contributed by atoms with Gasteiger partial charge in [-0.25, -0.2) is 0 Å². The van der Waals surface area contributed by atoms with E-state index in [4.69, 9.17) is 19.8 Å². The fraction of sp³-hybridized carbons (Fsp3) is 0.882. The number of amides is 2. The molecule has 0 spiro atoms. The third-order valence-electron chi connectivity index (χ3n) is 5.46. The largest absolute Gasteiger partial charge is 0.481 e. The van der Waals surface area contributed by atoms with Gasteiger partial charge in [0, 0.05) is 13.1 Å². The normalized spacial score (nSPS) is 24.2. The maximum atomic E-state index is 12.5. The van der Waals surface area contributed by atoms with Gasteiger partial charge in [0.15, 0.2) is 0 Å². The van der Waals surface area contributed by atoms with Crippen LogP contribution in [-0.2, 0) is 23.6 Å². The van der Waals surface area contributed by atoms with E-state index in [9.17, 15) is 9.59 Å². The summed E-state index contributed by atoms with van der Waals surface area (Å²) in [4.78, 5) is 26.4. The summed E-state index contributed by atoms with van der Waals surface area (Å²) in [6, 6.07) is -0.901. The van der Waals surface area contributed by atoms with Crippen LogP contribution < -0.4 is 11.1 Å². The van der Waals surface area contributed by atoms with E-state index in [1.54, 1.807) is 4.90 Å². The van der Waals surface area contributed by atoms with Crippen LogP contribution in [-0.4, -0.2) is 73.3 Å². The molecule has 8 nitrogen and oxygen atoms in total. The van der Waals surface area contributed by atoms with Crippen molar-refractivity contribution in [3.63, 3.8) is 0 Å². The molecule has 2 atom stereocenters. The third-order valence-corrected chi connectivity index (χ3v) is 5.46. The van der Waals surface area contributed by atoms with Gasteiger partial charge in [0.2, 0.25) is 11.8 Å². The van der Waals surface area contributed by atoms with Gasteiger partial charge in [-0.2, -0.15) is 0 Å². The Morgan fingerprint density at radius 3 is 2.19 bits per heavy atom. The number of nitrogens with two attached hydrogens (primary N) is 1. The number of hydrogen-bond donors (Lipinski definition) is 2. The second kappa shape index (κ2) is 8.25. The fourth-order valence-corrected chi connectivity index (χ4v) is 2.93. The molecule has 3 N–H and O–H groups in total. The molecule has 0 aromatic rings. The van der Waals surface area contributed by atoms with Crippen molar-refractivity contribution in [3.05, 3.63) is 0 Å². The van der Waals surface area contributed by atoms with E-state index < -0.39 is 24.4 Å². The molecule has 9 heteroatoms. The first kappa shape index (κ1) is 21.1. The molecule has 2 aliphatic rings. The van der Waals surface area contributed by atoms with E-state index >= 15 is 0 Å². The number of carbonyl (C=O) groups is 2. The molecule has 2 fully saturated rings. The van der Waals surface area contributed by atoms with Gasteiger partial charge < -0.3 is 30.0 Å². The summed E-state index contributed by atoms with van der Waals surface area (Å²) in [7, 11) is -0.545. The second-order valence-corrected chi connectivity index (χ2v) is 7.95. The summed E-state index contributed by atoms with van der Waals surface area (Å²) < 4.78 is 17.2. The van der Waals surface area contributed by atoms with Crippen molar-refractivity contribution in [2.75, 3.05) is 26.3 Å². The van der Waals surface area contributed by atoms with Crippen LogP contribution in [0.25, 0.3) is 0 Å². The molecule has 0 aromatic heterocycles. The van der Waals surface area contributed by atoms with E-state index in [0.29, 0.717) is 32.7 Å². The Kier molecular flexibility index (Phi) is 6.71. The van der Waals surface area contributed by atoms with Crippen molar-refractivity contribution in [2.24, 2.45) is 5.73 Å². The predicted molar refractivity (Wildman–Crippen MR) is 98.3 cm³/mol. The molecule has 2 heterocycles. The molecule has 0 aliphatic carbocycles. The maximum Gasteiger partial charge on any atom is 0.481 e. The van der Waals surface area contributed by atoms with Gasteiger partial charge in [-0.3, -0.25) is 9.59 Å². The topological polar surface area (TPSA) is 103 Å². The van der Waals surface area contributed by atoms with Crippen LogP contribution in [0.4, 0.5) is 0 Å². The van der Waals surface area contributed by atoms with Crippen molar-refractivity contribution < 1.29 is 23.6 Å². The number of morpholine rings is 1. The lowest BCUT2D eigenvalue weighted by Crippen LogP contribution is -2.53. The van der Waals surface area contributed by atoms with Gasteiger partial charge >= 0.3 is 7.12 Å². The molecular formula is C17H32BN3O5. The van der Waals surface area contributed by atoms with E-state index in [2.05, 4.69) is 5.32 Å². The first-order chi connectivity index (χ1) is 12.1. The standard InChI is InChI=1S/C17H32BN3O5/c1-6-13(18-25-16(2,3)17(4,5)26-18)20-15(23)12(19)11-14(22)21-7-9-24-10-8-21/h12-13H,6-11,19H2,1-5H3,(H,20,23). The van der Waals surface area contributed by atoms with Gasteiger partial charge in [-0.1, -0.05) is 6.92 Å². The zero-order chi connectivity index (χ0) is 19.5. The molecule has 0 radical (unpaired) electrons. The highest BCUT2D eigenvalue weighted by molar-refractivity contribution is 6.48. The van der Waals surface area contributed by atoms with Crippen molar-refractivity contribution in [1.29, 1.82) is 0 Å². The minimum absolute atomic E-state index is 0.0222. The van der Waals surface area contributed by atoms with Crippen molar-refractivity contribution >= 4 is 18.9 Å².